The molecule has 42 heavy (non-hydrogen) atoms. The summed E-state index contributed by atoms with van der Waals surface area (Å²) in [6, 6.07) is 7.37. The Balaban J connectivity index is 1.56. The third kappa shape index (κ3) is 6.37. The molecule has 0 saturated carbocycles. The number of nitrogens with one attached hydrogen (secondary N) is 1. The summed E-state index contributed by atoms with van der Waals surface area (Å²) in [7, 11) is -3.33. The van der Waals surface area contributed by atoms with E-state index in [1.807, 2.05) is 13.8 Å². The summed E-state index contributed by atoms with van der Waals surface area (Å²) in [6.45, 7) is 6.93. The number of carbonyl (C=O) groups excluding carboxylic acids is 2. The fraction of sp³-hybridized carbons (Fsp3) is 0.393. The molecule has 0 saturated heterocycles. The van der Waals surface area contributed by atoms with Crippen LogP contribution in [0.3, 0.4) is 0 Å². The lowest BCUT2D eigenvalue weighted by Crippen LogP contribution is -2.29. The molecule has 0 radical (unpaired) electrons. The molecule has 0 bridgehead atoms. The zero-order chi connectivity index (χ0) is 30.8. The molecule has 1 aliphatic heterocycles. The Morgan fingerprint density at radius 1 is 1.12 bits per heavy atom. The number of nitrogens with zero attached hydrogens (tertiary/aromatic N) is 4. The van der Waals surface area contributed by atoms with E-state index in [2.05, 4.69) is 20.3 Å². The lowest BCUT2D eigenvalue weighted by Gasteiger charge is -2.28. The number of benzene rings is 1. The van der Waals surface area contributed by atoms with Gasteiger partial charge in [0.2, 0.25) is 5.95 Å². The Hall–Kier alpha value is -4.07. The smallest absolute Gasteiger partial charge is 0.434 e. The summed E-state index contributed by atoms with van der Waals surface area (Å²) < 4.78 is 70.3. The van der Waals surface area contributed by atoms with Gasteiger partial charge in [-0.25, -0.2) is 23.2 Å². The molecule has 1 N–H and O–H groups in total. The van der Waals surface area contributed by atoms with E-state index in [0.29, 0.717) is 16.8 Å². The van der Waals surface area contributed by atoms with Gasteiger partial charge >= 0.3 is 12.1 Å². The Morgan fingerprint density at radius 2 is 1.81 bits per heavy atom. The van der Waals surface area contributed by atoms with E-state index < -0.39 is 45.2 Å². The van der Waals surface area contributed by atoms with Gasteiger partial charge in [0.15, 0.2) is 15.5 Å². The van der Waals surface area contributed by atoms with Gasteiger partial charge in [-0.3, -0.25) is 9.78 Å². The van der Waals surface area contributed by atoms with Gasteiger partial charge in [0.1, 0.15) is 5.56 Å². The van der Waals surface area contributed by atoms with Gasteiger partial charge in [0.05, 0.1) is 34.6 Å². The molecule has 1 atom stereocenters. The summed E-state index contributed by atoms with van der Waals surface area (Å²) in [5.41, 5.74) is -0.00863. The largest absolute Gasteiger partial charge is 0.462 e. The van der Waals surface area contributed by atoms with E-state index in [1.54, 1.807) is 30.0 Å². The number of hydrogen-bond acceptors (Lipinski definition) is 9. The quantitative estimate of drug-likeness (QED) is 0.350. The van der Waals surface area contributed by atoms with Crippen LogP contribution in [0.4, 0.5) is 19.1 Å². The molecule has 14 heteroatoms. The van der Waals surface area contributed by atoms with E-state index in [0.717, 1.165) is 6.20 Å². The van der Waals surface area contributed by atoms with Crippen LogP contribution < -0.4 is 10.2 Å². The van der Waals surface area contributed by atoms with Gasteiger partial charge in [-0.1, -0.05) is 32.9 Å². The molecule has 2 aromatic heterocycles. The van der Waals surface area contributed by atoms with E-state index in [-0.39, 0.29) is 47.8 Å². The minimum atomic E-state index is -4.92. The normalized spacial score (nSPS) is 15.0. The van der Waals surface area contributed by atoms with Gasteiger partial charge in [-0.15, -0.1) is 0 Å². The Morgan fingerprint density at radius 3 is 2.40 bits per heavy atom. The molecular weight excluding hydrogens is 575 g/mol. The van der Waals surface area contributed by atoms with Gasteiger partial charge in [-0.2, -0.15) is 13.2 Å². The molecule has 3 heterocycles. The molecule has 0 fully saturated rings. The molecule has 224 valence electrons. The number of pyridine rings is 1. The average Bonchev–Trinajstić information content (AvgIpc) is 3.34. The number of aromatic nitrogens is 3. The first-order chi connectivity index (χ1) is 19.8. The number of esters is 1. The van der Waals surface area contributed by atoms with Crippen molar-refractivity contribution in [1.29, 1.82) is 0 Å². The SMILES string of the molecule is CCOC(=O)c1cnc(N2Cc3cc(C(=O)NCc4ccc(S(=O)(=O)CC)cc4)cnc3[C@@H]2C(C)C)nc1C(F)(F)F. The maximum Gasteiger partial charge on any atom is 0.434 e. The van der Waals surface area contributed by atoms with Crippen molar-refractivity contribution >= 4 is 27.7 Å². The third-order valence-corrected chi connectivity index (χ3v) is 8.51. The monoisotopic (exact) mass is 605 g/mol. The average molecular weight is 606 g/mol. The molecule has 3 aromatic rings. The van der Waals surface area contributed by atoms with Crippen LogP contribution in [0, 0.1) is 5.92 Å². The summed E-state index contributed by atoms with van der Waals surface area (Å²) in [6.07, 6.45) is -2.70. The molecule has 4 rings (SSSR count). The van der Waals surface area contributed by atoms with E-state index >= 15 is 0 Å². The number of carbonyl (C=O) groups is 2. The lowest BCUT2D eigenvalue weighted by atomic mass is 9.99. The minimum absolute atomic E-state index is 0.0158. The van der Waals surface area contributed by atoms with Crippen LogP contribution in [-0.4, -0.2) is 47.6 Å². The second-order valence-electron chi connectivity index (χ2n) is 9.97. The lowest BCUT2D eigenvalue weighted by molar-refractivity contribution is -0.141. The zero-order valence-electron chi connectivity index (χ0n) is 23.4. The van der Waals surface area contributed by atoms with Gasteiger partial charge < -0.3 is 15.0 Å². The highest BCUT2D eigenvalue weighted by Crippen LogP contribution is 2.41. The van der Waals surface area contributed by atoms with Crippen LogP contribution in [0.2, 0.25) is 0 Å². The first kappa shape index (κ1) is 30.9. The first-order valence-electron chi connectivity index (χ1n) is 13.2. The molecule has 1 aromatic carbocycles. The minimum Gasteiger partial charge on any atom is -0.462 e. The van der Waals surface area contributed by atoms with Crippen molar-refractivity contribution < 1.29 is 35.9 Å². The number of amides is 1. The number of hydrogen-bond donors (Lipinski definition) is 1. The molecule has 0 unspecified atom stereocenters. The van der Waals surface area contributed by atoms with Crippen molar-refractivity contribution in [2.24, 2.45) is 5.92 Å². The van der Waals surface area contributed by atoms with Crippen LogP contribution in [0.5, 0.6) is 0 Å². The third-order valence-electron chi connectivity index (χ3n) is 6.76. The van der Waals surface area contributed by atoms with Crippen molar-refractivity contribution in [2.45, 2.75) is 57.9 Å². The number of halogens is 3. The van der Waals surface area contributed by atoms with Crippen molar-refractivity contribution in [3.05, 3.63) is 76.4 Å². The highest BCUT2D eigenvalue weighted by Gasteiger charge is 2.41. The number of ether oxygens (including phenoxy) is 1. The Labute approximate surface area is 241 Å². The summed E-state index contributed by atoms with van der Waals surface area (Å²) >= 11 is 0. The first-order valence-corrected chi connectivity index (χ1v) is 14.9. The van der Waals surface area contributed by atoms with Crippen LogP contribution in [0.1, 0.15) is 77.0 Å². The summed E-state index contributed by atoms with van der Waals surface area (Å²) in [4.78, 5) is 39.1. The highest BCUT2D eigenvalue weighted by molar-refractivity contribution is 7.91. The standard InChI is InChI=1S/C28H30F3N5O5S/c1-5-41-26(38)21-14-34-27(35-24(21)28(29,30)31)36-15-19-11-18(13-32-22(19)23(36)16(3)4)25(37)33-12-17-7-9-20(10-8-17)42(39,40)6-2/h7-11,13-14,16,23H,5-6,12,15H2,1-4H3,(H,33,37)/t23-/m0/s1. The van der Waals surface area contributed by atoms with Gasteiger partial charge in [-0.05, 0) is 42.2 Å². The van der Waals surface area contributed by atoms with Crippen LogP contribution in [-0.2, 0) is 33.8 Å². The number of alkyl halides is 3. The van der Waals surface area contributed by atoms with Crippen molar-refractivity contribution in [1.82, 2.24) is 20.3 Å². The maximum absolute atomic E-state index is 13.9. The number of anilines is 1. The molecule has 1 amide bonds. The zero-order valence-corrected chi connectivity index (χ0v) is 24.2. The Kier molecular flexibility index (Phi) is 8.85. The topological polar surface area (TPSA) is 131 Å². The molecule has 1 aliphatic rings. The number of sulfone groups is 1. The molecule has 10 nitrogen and oxygen atoms in total. The second-order valence-corrected chi connectivity index (χ2v) is 12.2. The number of rotatable bonds is 9. The fourth-order valence-corrected chi connectivity index (χ4v) is 5.57. The molecular formula is C28H30F3N5O5S. The molecule has 0 spiro atoms. The van der Waals surface area contributed by atoms with Crippen LogP contribution in [0.25, 0.3) is 0 Å². The Bertz CT molecular complexity index is 1590. The number of fused-ring (bicyclic) bond motifs is 1. The summed E-state index contributed by atoms with van der Waals surface area (Å²) in [5, 5.41) is 2.77. The molecule has 0 aliphatic carbocycles. The van der Waals surface area contributed by atoms with Crippen LogP contribution in [0.15, 0.2) is 47.6 Å². The maximum atomic E-state index is 13.9. The van der Waals surface area contributed by atoms with Crippen molar-refractivity contribution in [3.8, 4) is 0 Å². The van der Waals surface area contributed by atoms with Gasteiger partial charge in [0.25, 0.3) is 5.91 Å². The van der Waals surface area contributed by atoms with E-state index in [1.165, 1.54) is 25.3 Å². The van der Waals surface area contributed by atoms with E-state index in [4.69, 9.17) is 4.74 Å². The fourth-order valence-electron chi connectivity index (χ4n) is 4.69. The van der Waals surface area contributed by atoms with Gasteiger partial charge in [0, 0.05) is 25.5 Å². The van der Waals surface area contributed by atoms with E-state index in [9.17, 15) is 31.2 Å². The van der Waals surface area contributed by atoms with Crippen molar-refractivity contribution in [2.75, 3.05) is 17.3 Å². The van der Waals surface area contributed by atoms with Crippen molar-refractivity contribution in [3.63, 3.8) is 0 Å². The predicted molar refractivity (Wildman–Crippen MR) is 146 cm³/mol. The summed E-state index contributed by atoms with van der Waals surface area (Å²) in [5.74, 6) is -1.95. The van der Waals surface area contributed by atoms with Crippen LogP contribution >= 0.6 is 0 Å². The highest BCUT2D eigenvalue weighted by atomic mass is 32.2. The second kappa shape index (κ2) is 12.0. The predicted octanol–water partition coefficient (Wildman–Crippen LogP) is 4.51.